The highest BCUT2D eigenvalue weighted by atomic mass is 35.5. The average molecular weight is 391 g/mol. The first kappa shape index (κ1) is 21.2. The number of rotatable bonds is 8. The van der Waals surface area contributed by atoms with E-state index in [-0.39, 0.29) is 30.3 Å². The molecule has 0 heterocycles. The van der Waals surface area contributed by atoms with Gasteiger partial charge in [-0.2, -0.15) is 0 Å². The van der Waals surface area contributed by atoms with Crippen LogP contribution in [0, 0.1) is 5.92 Å². The molecule has 2 atom stereocenters. The van der Waals surface area contributed by atoms with Crippen molar-refractivity contribution >= 4 is 24.0 Å². The number of carbonyl (C=O) groups is 1. The van der Waals surface area contributed by atoms with Crippen molar-refractivity contribution in [2.75, 3.05) is 18.5 Å². The maximum Gasteiger partial charge on any atom is 0.227 e. The number of hydrogen-bond acceptors (Lipinski definition) is 4. The highest BCUT2D eigenvalue weighted by Gasteiger charge is 2.27. The van der Waals surface area contributed by atoms with Crippen molar-refractivity contribution in [3.63, 3.8) is 0 Å². The summed E-state index contributed by atoms with van der Waals surface area (Å²) in [6, 6.07) is 17.6. The predicted molar refractivity (Wildman–Crippen MR) is 109 cm³/mol. The minimum absolute atomic E-state index is 0. The number of ether oxygens (including phenoxy) is 2. The average Bonchev–Trinajstić information content (AvgIpc) is 3.09. The number of amides is 1. The summed E-state index contributed by atoms with van der Waals surface area (Å²) in [7, 11) is 0. The Morgan fingerprint density at radius 3 is 2.63 bits per heavy atom. The van der Waals surface area contributed by atoms with E-state index >= 15 is 0 Å². The molecule has 146 valence electrons. The first-order valence-electron chi connectivity index (χ1n) is 9.11. The van der Waals surface area contributed by atoms with Gasteiger partial charge in [0.15, 0.2) is 0 Å². The summed E-state index contributed by atoms with van der Waals surface area (Å²) in [5.41, 5.74) is 7.71. The highest BCUT2D eigenvalue weighted by Crippen LogP contribution is 2.25. The van der Waals surface area contributed by atoms with E-state index in [0.717, 1.165) is 36.3 Å². The SMILES string of the molecule is Cl.NC1CCC(C(=O)Nc2cccc(COCCOc3ccccc3)c2)C1. The molecule has 0 aromatic heterocycles. The number of nitrogens with two attached hydrogens (primary N) is 1. The second-order valence-corrected chi connectivity index (χ2v) is 6.67. The predicted octanol–water partition coefficient (Wildman–Crippen LogP) is 3.77. The molecule has 0 aliphatic heterocycles. The van der Waals surface area contributed by atoms with Gasteiger partial charge >= 0.3 is 0 Å². The Kier molecular flexibility index (Phi) is 8.58. The van der Waals surface area contributed by atoms with E-state index in [2.05, 4.69) is 5.32 Å². The fraction of sp³-hybridized carbons (Fsp3) is 0.381. The van der Waals surface area contributed by atoms with E-state index in [0.29, 0.717) is 19.8 Å². The smallest absolute Gasteiger partial charge is 0.227 e. The molecule has 3 rings (SSSR count). The molecular weight excluding hydrogens is 364 g/mol. The van der Waals surface area contributed by atoms with Crippen molar-refractivity contribution in [2.45, 2.75) is 31.9 Å². The van der Waals surface area contributed by atoms with Crippen molar-refractivity contribution in [1.29, 1.82) is 0 Å². The minimum atomic E-state index is 0. The summed E-state index contributed by atoms with van der Waals surface area (Å²) in [6.07, 6.45) is 2.57. The fourth-order valence-corrected chi connectivity index (χ4v) is 3.16. The van der Waals surface area contributed by atoms with Crippen molar-refractivity contribution < 1.29 is 14.3 Å². The van der Waals surface area contributed by atoms with Crippen molar-refractivity contribution in [2.24, 2.45) is 11.7 Å². The van der Waals surface area contributed by atoms with Crippen LogP contribution in [0.5, 0.6) is 5.75 Å². The van der Waals surface area contributed by atoms with Crippen molar-refractivity contribution in [3.8, 4) is 5.75 Å². The van der Waals surface area contributed by atoms with Crippen LogP contribution in [0.15, 0.2) is 54.6 Å². The first-order valence-corrected chi connectivity index (χ1v) is 9.11. The lowest BCUT2D eigenvalue weighted by molar-refractivity contribution is -0.119. The summed E-state index contributed by atoms with van der Waals surface area (Å²) >= 11 is 0. The topological polar surface area (TPSA) is 73.6 Å². The number of halogens is 1. The molecule has 1 aliphatic carbocycles. The molecule has 2 aromatic carbocycles. The molecule has 2 unspecified atom stereocenters. The number of carbonyl (C=O) groups excluding carboxylic acids is 1. The zero-order valence-corrected chi connectivity index (χ0v) is 16.1. The van der Waals surface area contributed by atoms with Gasteiger partial charge in [0.1, 0.15) is 12.4 Å². The molecule has 6 heteroatoms. The van der Waals surface area contributed by atoms with Crippen molar-refractivity contribution in [3.05, 3.63) is 60.2 Å². The summed E-state index contributed by atoms with van der Waals surface area (Å²) in [6.45, 7) is 1.49. The normalized spacial score (nSPS) is 18.6. The van der Waals surface area contributed by atoms with Crippen molar-refractivity contribution in [1.82, 2.24) is 0 Å². The molecule has 5 nitrogen and oxygen atoms in total. The molecule has 0 bridgehead atoms. The monoisotopic (exact) mass is 390 g/mol. The quantitative estimate of drug-likeness (QED) is 0.673. The van der Waals surface area contributed by atoms with E-state index < -0.39 is 0 Å². The summed E-state index contributed by atoms with van der Waals surface area (Å²) in [5.74, 6) is 0.930. The van der Waals surface area contributed by atoms with Crippen LogP contribution < -0.4 is 15.8 Å². The van der Waals surface area contributed by atoms with Crippen LogP contribution in [0.1, 0.15) is 24.8 Å². The molecule has 1 aliphatic rings. The molecule has 1 fully saturated rings. The number of para-hydroxylation sites is 1. The zero-order valence-electron chi connectivity index (χ0n) is 15.3. The van der Waals surface area contributed by atoms with Gasteiger partial charge in [0, 0.05) is 17.6 Å². The number of anilines is 1. The number of benzene rings is 2. The Morgan fingerprint density at radius 2 is 1.89 bits per heavy atom. The van der Waals surface area contributed by atoms with Gasteiger partial charge < -0.3 is 20.5 Å². The minimum Gasteiger partial charge on any atom is -0.491 e. The molecule has 1 saturated carbocycles. The van der Waals surface area contributed by atoms with E-state index in [1.54, 1.807) is 0 Å². The summed E-state index contributed by atoms with van der Waals surface area (Å²) in [5, 5.41) is 2.99. The first-order chi connectivity index (χ1) is 12.7. The second kappa shape index (κ2) is 10.9. The number of hydrogen-bond donors (Lipinski definition) is 2. The molecule has 0 saturated heterocycles. The van der Waals surface area contributed by atoms with Crippen LogP contribution >= 0.6 is 12.4 Å². The van der Waals surface area contributed by atoms with Crippen LogP contribution in [0.2, 0.25) is 0 Å². The third-order valence-electron chi connectivity index (χ3n) is 4.55. The Labute approximate surface area is 166 Å². The van der Waals surface area contributed by atoms with Crippen LogP contribution in [0.4, 0.5) is 5.69 Å². The standard InChI is InChI=1S/C21H26N2O3.ClH/c22-18-10-9-17(14-18)21(24)23-19-6-4-5-16(13-19)15-25-11-12-26-20-7-2-1-3-8-20;/h1-8,13,17-18H,9-12,14-15,22H2,(H,23,24);1H. The third kappa shape index (κ3) is 6.86. The van der Waals surface area contributed by atoms with Gasteiger partial charge in [0.2, 0.25) is 5.91 Å². The lowest BCUT2D eigenvalue weighted by atomic mass is 10.1. The van der Waals surface area contributed by atoms with Gasteiger partial charge in [-0.15, -0.1) is 12.4 Å². The van der Waals surface area contributed by atoms with E-state index in [1.165, 1.54) is 0 Å². The van der Waals surface area contributed by atoms with Gasteiger partial charge in [0.05, 0.1) is 13.2 Å². The lowest BCUT2D eigenvalue weighted by Gasteiger charge is -2.12. The molecule has 0 spiro atoms. The Bertz CT molecular complexity index is 712. The van der Waals surface area contributed by atoms with Crippen LogP contribution in [-0.2, 0) is 16.1 Å². The van der Waals surface area contributed by atoms with Gasteiger partial charge in [-0.25, -0.2) is 0 Å². The molecule has 27 heavy (non-hydrogen) atoms. The molecule has 3 N–H and O–H groups in total. The molecule has 1 amide bonds. The Hall–Kier alpha value is -2.08. The summed E-state index contributed by atoms with van der Waals surface area (Å²) < 4.78 is 11.3. The Balaban J connectivity index is 0.00000261. The van der Waals surface area contributed by atoms with Crippen LogP contribution in [-0.4, -0.2) is 25.2 Å². The summed E-state index contributed by atoms with van der Waals surface area (Å²) in [4.78, 5) is 12.3. The molecule has 0 radical (unpaired) electrons. The molecule has 2 aromatic rings. The largest absolute Gasteiger partial charge is 0.491 e. The van der Waals surface area contributed by atoms with E-state index in [1.807, 2.05) is 54.6 Å². The fourth-order valence-electron chi connectivity index (χ4n) is 3.16. The lowest BCUT2D eigenvalue weighted by Crippen LogP contribution is -2.23. The maximum absolute atomic E-state index is 12.3. The molecular formula is C21H27ClN2O3. The van der Waals surface area contributed by atoms with Gasteiger partial charge in [-0.05, 0) is 49.1 Å². The zero-order chi connectivity index (χ0) is 18.2. The van der Waals surface area contributed by atoms with Gasteiger partial charge in [-0.3, -0.25) is 4.79 Å². The van der Waals surface area contributed by atoms with E-state index in [4.69, 9.17) is 15.2 Å². The highest BCUT2D eigenvalue weighted by molar-refractivity contribution is 5.92. The second-order valence-electron chi connectivity index (χ2n) is 6.67. The van der Waals surface area contributed by atoms with E-state index in [9.17, 15) is 4.79 Å². The third-order valence-corrected chi connectivity index (χ3v) is 4.55. The van der Waals surface area contributed by atoms with Gasteiger partial charge in [-0.1, -0.05) is 30.3 Å². The van der Waals surface area contributed by atoms with Crippen LogP contribution in [0.3, 0.4) is 0 Å². The van der Waals surface area contributed by atoms with Crippen LogP contribution in [0.25, 0.3) is 0 Å². The maximum atomic E-state index is 12.3. The number of nitrogens with one attached hydrogen (secondary N) is 1. The Morgan fingerprint density at radius 1 is 1.07 bits per heavy atom. The van der Waals surface area contributed by atoms with Gasteiger partial charge in [0.25, 0.3) is 0 Å².